The summed E-state index contributed by atoms with van der Waals surface area (Å²) in [6.07, 6.45) is 3.44. The zero-order chi connectivity index (χ0) is 26.6. The average molecular weight is 530 g/mol. The summed E-state index contributed by atoms with van der Waals surface area (Å²) in [6, 6.07) is 21.4. The molecular weight excluding hydrogens is 503 g/mol. The number of alkyl halides is 3. The van der Waals surface area contributed by atoms with Crippen molar-refractivity contribution in [1.29, 1.82) is 0 Å². The van der Waals surface area contributed by atoms with Gasteiger partial charge < -0.3 is 10.4 Å². The fourth-order valence-electron chi connectivity index (χ4n) is 4.44. The van der Waals surface area contributed by atoms with Crippen molar-refractivity contribution in [1.82, 2.24) is 9.38 Å². The standard InChI is InChI=1S/C26H26ClN3.C2HF3O2/c1-18-13-14-30-24(15-18)29-25(26(30)28-23-11-3-2-4-12-23)21-9-5-7-19(16-21)20-8-6-10-22(27)17-20;3-2(4,5)1(6)7/h5-10,13-17,23,28H,2-4,11-12H2,1H3;(H,6,7). The molecule has 5 rings (SSSR count). The van der Waals surface area contributed by atoms with Gasteiger partial charge in [-0.2, -0.15) is 13.2 Å². The van der Waals surface area contributed by atoms with E-state index in [9.17, 15) is 13.2 Å². The molecule has 37 heavy (non-hydrogen) atoms. The maximum atomic E-state index is 10.6. The van der Waals surface area contributed by atoms with Gasteiger partial charge in [-0.05, 0) is 66.8 Å². The number of pyridine rings is 1. The molecule has 1 aliphatic carbocycles. The van der Waals surface area contributed by atoms with Crippen molar-refractivity contribution in [2.75, 3.05) is 5.32 Å². The van der Waals surface area contributed by atoms with E-state index in [0.29, 0.717) is 6.04 Å². The summed E-state index contributed by atoms with van der Waals surface area (Å²) in [5.41, 5.74) is 6.59. The third-order valence-corrected chi connectivity index (χ3v) is 6.50. The van der Waals surface area contributed by atoms with Crippen LogP contribution in [-0.4, -0.2) is 32.7 Å². The van der Waals surface area contributed by atoms with Crippen LogP contribution < -0.4 is 5.32 Å². The van der Waals surface area contributed by atoms with Crippen molar-refractivity contribution in [2.24, 2.45) is 0 Å². The van der Waals surface area contributed by atoms with Gasteiger partial charge in [-0.3, -0.25) is 4.40 Å². The molecule has 4 aromatic rings. The minimum absolute atomic E-state index is 0.509. The molecule has 2 aromatic heterocycles. The molecule has 0 unspecified atom stereocenters. The highest BCUT2D eigenvalue weighted by Gasteiger charge is 2.38. The van der Waals surface area contributed by atoms with Crippen molar-refractivity contribution in [2.45, 2.75) is 51.2 Å². The molecule has 1 saturated carbocycles. The summed E-state index contributed by atoms with van der Waals surface area (Å²) in [6.45, 7) is 2.11. The van der Waals surface area contributed by atoms with Crippen LogP contribution in [0.15, 0.2) is 66.9 Å². The number of carbonyl (C=O) groups is 1. The summed E-state index contributed by atoms with van der Waals surface area (Å²) >= 11 is 6.23. The van der Waals surface area contributed by atoms with E-state index >= 15 is 0 Å². The lowest BCUT2D eigenvalue weighted by Crippen LogP contribution is -2.23. The van der Waals surface area contributed by atoms with Crippen molar-refractivity contribution in [3.8, 4) is 22.4 Å². The Labute approximate surface area is 217 Å². The first-order chi connectivity index (χ1) is 17.6. The first kappa shape index (κ1) is 26.5. The molecule has 0 bridgehead atoms. The molecule has 1 aliphatic rings. The number of imidazole rings is 1. The van der Waals surface area contributed by atoms with Gasteiger partial charge in [0.05, 0.1) is 0 Å². The van der Waals surface area contributed by atoms with Crippen molar-refractivity contribution in [3.05, 3.63) is 77.4 Å². The van der Waals surface area contributed by atoms with Crippen molar-refractivity contribution < 1.29 is 23.1 Å². The number of anilines is 1. The van der Waals surface area contributed by atoms with Crippen LogP contribution >= 0.6 is 11.6 Å². The van der Waals surface area contributed by atoms with Gasteiger partial charge in [0.15, 0.2) is 0 Å². The number of carboxylic acids is 1. The van der Waals surface area contributed by atoms with Gasteiger partial charge in [-0.15, -0.1) is 0 Å². The molecule has 2 N–H and O–H groups in total. The number of aliphatic carboxylic acids is 1. The summed E-state index contributed by atoms with van der Waals surface area (Å²) in [5.74, 6) is -1.66. The Balaban J connectivity index is 0.000000405. The third-order valence-electron chi connectivity index (χ3n) is 6.26. The predicted molar refractivity (Wildman–Crippen MR) is 140 cm³/mol. The van der Waals surface area contributed by atoms with Crippen LogP contribution in [0.5, 0.6) is 0 Å². The van der Waals surface area contributed by atoms with Crippen LogP contribution in [0.2, 0.25) is 5.02 Å². The smallest absolute Gasteiger partial charge is 0.475 e. The minimum atomic E-state index is -5.08. The number of carboxylic acid groups (broad SMARTS) is 1. The van der Waals surface area contributed by atoms with E-state index in [4.69, 9.17) is 26.5 Å². The van der Waals surface area contributed by atoms with Gasteiger partial charge in [0, 0.05) is 22.8 Å². The Morgan fingerprint density at radius 1 is 1.00 bits per heavy atom. The van der Waals surface area contributed by atoms with E-state index in [1.807, 2.05) is 18.2 Å². The first-order valence-corrected chi connectivity index (χ1v) is 12.4. The van der Waals surface area contributed by atoms with E-state index in [0.717, 1.165) is 38.9 Å². The van der Waals surface area contributed by atoms with Crippen LogP contribution in [-0.2, 0) is 4.79 Å². The number of rotatable bonds is 4. The van der Waals surface area contributed by atoms with Gasteiger partial charge in [0.2, 0.25) is 0 Å². The lowest BCUT2D eigenvalue weighted by molar-refractivity contribution is -0.192. The second-order valence-electron chi connectivity index (χ2n) is 9.11. The molecule has 5 nitrogen and oxygen atoms in total. The normalized spacial score (nSPS) is 14.2. The van der Waals surface area contributed by atoms with Gasteiger partial charge >= 0.3 is 12.1 Å². The predicted octanol–water partition coefficient (Wildman–Crippen LogP) is 8.01. The number of aromatic nitrogens is 2. The highest BCUT2D eigenvalue weighted by Crippen LogP contribution is 2.34. The highest BCUT2D eigenvalue weighted by atomic mass is 35.5. The number of fused-ring (bicyclic) bond motifs is 1. The molecule has 9 heteroatoms. The third kappa shape index (κ3) is 6.63. The Kier molecular flexibility index (Phi) is 8.07. The van der Waals surface area contributed by atoms with Gasteiger partial charge in [-0.25, -0.2) is 9.78 Å². The second-order valence-corrected chi connectivity index (χ2v) is 9.55. The van der Waals surface area contributed by atoms with Gasteiger partial charge in [0.1, 0.15) is 17.2 Å². The SMILES string of the molecule is Cc1ccn2c(NC3CCCCC3)c(-c3cccc(-c4cccc(Cl)c4)c3)nc2c1.O=C(O)C(F)(F)F. The molecule has 2 heterocycles. The molecule has 0 spiro atoms. The molecule has 2 aromatic carbocycles. The summed E-state index contributed by atoms with van der Waals surface area (Å²) in [5, 5.41) is 11.7. The monoisotopic (exact) mass is 529 g/mol. The van der Waals surface area contributed by atoms with Crippen LogP contribution in [0.25, 0.3) is 28.0 Å². The van der Waals surface area contributed by atoms with Crippen molar-refractivity contribution in [3.63, 3.8) is 0 Å². The maximum absolute atomic E-state index is 10.6. The summed E-state index contributed by atoms with van der Waals surface area (Å²) in [7, 11) is 0. The Bertz CT molecular complexity index is 1400. The first-order valence-electron chi connectivity index (χ1n) is 12.0. The lowest BCUT2D eigenvalue weighted by Gasteiger charge is -2.24. The van der Waals surface area contributed by atoms with Crippen LogP contribution in [0.3, 0.4) is 0 Å². The van der Waals surface area contributed by atoms with Gasteiger partial charge in [0.25, 0.3) is 0 Å². The average Bonchev–Trinajstić information content (AvgIpc) is 3.22. The molecule has 194 valence electrons. The molecule has 0 aliphatic heterocycles. The van der Waals surface area contributed by atoms with Gasteiger partial charge in [-0.1, -0.05) is 61.2 Å². The van der Waals surface area contributed by atoms with Crippen molar-refractivity contribution >= 4 is 29.0 Å². The van der Waals surface area contributed by atoms with Crippen LogP contribution in [0, 0.1) is 6.92 Å². The van der Waals surface area contributed by atoms with Crippen LogP contribution in [0.1, 0.15) is 37.7 Å². The Morgan fingerprint density at radius 3 is 2.27 bits per heavy atom. The number of nitrogens with zero attached hydrogens (tertiary/aromatic N) is 2. The molecule has 0 atom stereocenters. The zero-order valence-electron chi connectivity index (χ0n) is 20.2. The zero-order valence-corrected chi connectivity index (χ0v) is 21.0. The van der Waals surface area contributed by atoms with E-state index in [1.165, 1.54) is 37.7 Å². The summed E-state index contributed by atoms with van der Waals surface area (Å²) < 4.78 is 33.9. The minimum Gasteiger partial charge on any atom is -0.475 e. The Morgan fingerprint density at radius 2 is 1.62 bits per heavy atom. The maximum Gasteiger partial charge on any atom is 0.490 e. The van der Waals surface area contributed by atoms with E-state index in [2.05, 4.69) is 65.3 Å². The molecule has 1 fully saturated rings. The number of hydrogen-bond acceptors (Lipinski definition) is 3. The molecule has 0 amide bonds. The molecule has 0 radical (unpaired) electrons. The van der Waals surface area contributed by atoms with E-state index in [1.54, 1.807) is 0 Å². The second kappa shape index (κ2) is 11.3. The topological polar surface area (TPSA) is 66.6 Å². The van der Waals surface area contributed by atoms with Crippen LogP contribution in [0.4, 0.5) is 19.0 Å². The Hall–Kier alpha value is -3.52. The fraction of sp³-hybridized carbons (Fsp3) is 0.286. The van der Waals surface area contributed by atoms with E-state index in [-0.39, 0.29) is 0 Å². The van der Waals surface area contributed by atoms with E-state index < -0.39 is 12.1 Å². The number of nitrogens with one attached hydrogen (secondary N) is 1. The number of hydrogen-bond donors (Lipinski definition) is 2. The molecule has 0 saturated heterocycles. The fourth-order valence-corrected chi connectivity index (χ4v) is 4.63. The number of halogens is 4. The number of benzene rings is 2. The lowest BCUT2D eigenvalue weighted by atomic mass is 9.95. The quantitative estimate of drug-likeness (QED) is 0.281. The summed E-state index contributed by atoms with van der Waals surface area (Å²) in [4.78, 5) is 13.9. The molecular formula is C28H27ClF3N3O2. The largest absolute Gasteiger partial charge is 0.490 e. The highest BCUT2D eigenvalue weighted by molar-refractivity contribution is 6.30. The number of aryl methyl sites for hydroxylation is 1.